The van der Waals surface area contributed by atoms with Crippen molar-refractivity contribution in [1.29, 1.82) is 5.26 Å². The molecule has 37 heavy (non-hydrogen) atoms. The minimum atomic E-state index is -4.33. The van der Waals surface area contributed by atoms with Crippen LogP contribution in [0.3, 0.4) is 0 Å². The first kappa shape index (κ1) is 28.8. The number of rotatable bonds is 9. The molecule has 0 aliphatic heterocycles. The molecule has 1 heterocycles. The topological polar surface area (TPSA) is 64.0 Å². The summed E-state index contributed by atoms with van der Waals surface area (Å²) in [5.41, 5.74) is 9.71. The number of hydrogen-bond donors (Lipinski definition) is 2. The van der Waals surface area contributed by atoms with E-state index in [0.29, 0.717) is 24.2 Å². The molecular formula is C29H40F3N5. The van der Waals surface area contributed by atoms with Crippen LogP contribution < -0.4 is 15.8 Å². The van der Waals surface area contributed by atoms with Crippen LogP contribution in [0.15, 0.2) is 36.5 Å². The van der Waals surface area contributed by atoms with Crippen molar-refractivity contribution in [3.05, 3.63) is 53.3 Å². The molecule has 0 spiro atoms. The van der Waals surface area contributed by atoms with Gasteiger partial charge in [0.25, 0.3) is 0 Å². The van der Waals surface area contributed by atoms with Crippen molar-refractivity contribution in [2.45, 2.75) is 109 Å². The van der Waals surface area contributed by atoms with Crippen molar-refractivity contribution in [3.63, 3.8) is 0 Å². The van der Waals surface area contributed by atoms with Crippen LogP contribution >= 0.6 is 0 Å². The fraction of sp³-hybridized carbons (Fsp3) is 0.586. The molecule has 1 aromatic carbocycles. The lowest BCUT2D eigenvalue weighted by Gasteiger charge is -2.38. The van der Waals surface area contributed by atoms with Crippen LogP contribution in [0.1, 0.15) is 101 Å². The van der Waals surface area contributed by atoms with Crippen LogP contribution in [-0.2, 0) is 6.54 Å². The number of anilines is 2. The molecule has 1 aromatic heterocycles. The van der Waals surface area contributed by atoms with Gasteiger partial charge in [-0.2, -0.15) is 18.4 Å². The number of alkyl halides is 3. The highest BCUT2D eigenvalue weighted by Gasteiger charge is 2.35. The molecule has 0 radical (unpaired) electrons. The molecule has 2 saturated carbocycles. The summed E-state index contributed by atoms with van der Waals surface area (Å²) < 4.78 is 38.3. The zero-order chi connectivity index (χ0) is 27.0. The van der Waals surface area contributed by atoms with Gasteiger partial charge in [-0.15, -0.1) is 0 Å². The van der Waals surface area contributed by atoms with Crippen LogP contribution in [0.2, 0.25) is 0 Å². The first-order valence-electron chi connectivity index (χ1n) is 13.6. The predicted molar refractivity (Wildman–Crippen MR) is 143 cm³/mol. The summed E-state index contributed by atoms with van der Waals surface area (Å²) >= 11 is 0. The lowest BCUT2D eigenvalue weighted by molar-refractivity contribution is -0.150. The van der Waals surface area contributed by atoms with Gasteiger partial charge >= 0.3 is 6.18 Å². The molecule has 8 heteroatoms. The van der Waals surface area contributed by atoms with E-state index in [4.69, 9.17) is 0 Å². The van der Waals surface area contributed by atoms with Crippen molar-refractivity contribution in [2.75, 3.05) is 10.3 Å². The van der Waals surface area contributed by atoms with Crippen molar-refractivity contribution in [3.8, 4) is 6.07 Å². The van der Waals surface area contributed by atoms with Gasteiger partial charge in [0.1, 0.15) is 6.04 Å². The number of halogens is 3. The van der Waals surface area contributed by atoms with Crippen molar-refractivity contribution < 1.29 is 13.2 Å². The fourth-order valence-corrected chi connectivity index (χ4v) is 4.76. The number of hydrazine groups is 1. The first-order valence-corrected chi connectivity index (χ1v) is 13.6. The SMILES string of the molecule is CC.CC(C#N)c1ccc(C2CC2)cc1N(Cc1ccc(NNC(C)C(F)(F)F)cn1)C1CCCCC1. The van der Waals surface area contributed by atoms with E-state index < -0.39 is 12.2 Å². The lowest BCUT2D eigenvalue weighted by atomic mass is 9.91. The van der Waals surface area contributed by atoms with E-state index in [0.717, 1.165) is 36.7 Å². The highest BCUT2D eigenvalue weighted by atomic mass is 19.4. The molecular weight excluding hydrogens is 475 g/mol. The molecule has 2 aliphatic carbocycles. The van der Waals surface area contributed by atoms with Crippen LogP contribution in [0.5, 0.6) is 0 Å². The molecule has 2 aliphatic rings. The average Bonchev–Trinajstić information content (AvgIpc) is 3.77. The first-order chi connectivity index (χ1) is 17.8. The summed E-state index contributed by atoms with van der Waals surface area (Å²) in [7, 11) is 0. The maximum atomic E-state index is 12.8. The third-order valence-corrected chi connectivity index (χ3v) is 7.17. The number of aromatic nitrogens is 1. The second kappa shape index (κ2) is 13.1. The Kier molecular flexibility index (Phi) is 10.2. The Bertz CT molecular complexity index is 1020. The summed E-state index contributed by atoms with van der Waals surface area (Å²) in [5.74, 6) is 0.397. The van der Waals surface area contributed by atoms with Gasteiger partial charge in [0.05, 0.1) is 36.1 Å². The summed E-state index contributed by atoms with van der Waals surface area (Å²) in [5, 5.41) is 9.69. The van der Waals surface area contributed by atoms with Gasteiger partial charge in [-0.1, -0.05) is 45.2 Å². The Morgan fingerprint density at radius 2 is 1.76 bits per heavy atom. The molecule has 202 valence electrons. The largest absolute Gasteiger partial charge is 0.405 e. The number of nitrogens with zero attached hydrogens (tertiary/aromatic N) is 3. The molecule has 2 N–H and O–H groups in total. The maximum absolute atomic E-state index is 12.8. The molecule has 0 saturated heterocycles. The van der Waals surface area contributed by atoms with Crippen LogP contribution in [-0.4, -0.2) is 23.2 Å². The van der Waals surface area contributed by atoms with Gasteiger partial charge in [-0.3, -0.25) is 4.98 Å². The van der Waals surface area contributed by atoms with Crippen molar-refractivity contribution >= 4 is 11.4 Å². The fourth-order valence-electron chi connectivity index (χ4n) is 4.76. The second-order valence-corrected chi connectivity index (χ2v) is 9.93. The molecule has 0 amide bonds. The lowest BCUT2D eigenvalue weighted by Crippen LogP contribution is -2.42. The number of benzene rings is 1. The number of pyridine rings is 1. The third kappa shape index (κ3) is 7.85. The van der Waals surface area contributed by atoms with Crippen LogP contribution in [0.25, 0.3) is 0 Å². The van der Waals surface area contributed by atoms with E-state index in [1.54, 1.807) is 12.3 Å². The highest BCUT2D eigenvalue weighted by Crippen LogP contribution is 2.43. The van der Waals surface area contributed by atoms with E-state index in [1.807, 2.05) is 26.8 Å². The summed E-state index contributed by atoms with van der Waals surface area (Å²) in [6.45, 7) is 7.60. The monoisotopic (exact) mass is 515 g/mol. The Hall–Kier alpha value is -2.79. The van der Waals surface area contributed by atoms with Gasteiger partial charge in [-0.25, -0.2) is 5.43 Å². The smallest absolute Gasteiger partial charge is 0.362 e. The molecule has 0 bridgehead atoms. The van der Waals surface area contributed by atoms with E-state index >= 15 is 0 Å². The summed E-state index contributed by atoms with van der Waals surface area (Å²) in [6, 6.07) is 11.3. The zero-order valence-electron chi connectivity index (χ0n) is 22.4. The Labute approximate surface area is 219 Å². The minimum absolute atomic E-state index is 0.217. The normalized spacial score (nSPS) is 17.7. The highest BCUT2D eigenvalue weighted by molar-refractivity contribution is 5.60. The average molecular weight is 516 g/mol. The second-order valence-electron chi connectivity index (χ2n) is 9.93. The Balaban J connectivity index is 0.00000186. The van der Waals surface area contributed by atoms with Crippen LogP contribution in [0, 0.1) is 11.3 Å². The van der Waals surface area contributed by atoms with E-state index in [-0.39, 0.29) is 5.92 Å². The Morgan fingerprint density at radius 3 is 2.32 bits per heavy atom. The van der Waals surface area contributed by atoms with Crippen LogP contribution in [0.4, 0.5) is 24.5 Å². The minimum Gasteiger partial charge on any atom is -0.362 e. The van der Waals surface area contributed by atoms with Gasteiger partial charge in [0.15, 0.2) is 0 Å². The van der Waals surface area contributed by atoms with E-state index in [1.165, 1.54) is 37.7 Å². The van der Waals surface area contributed by atoms with Gasteiger partial charge in [0.2, 0.25) is 0 Å². The predicted octanol–water partition coefficient (Wildman–Crippen LogP) is 7.82. The van der Waals surface area contributed by atoms with Gasteiger partial charge < -0.3 is 10.3 Å². The molecule has 2 atom stereocenters. The van der Waals surface area contributed by atoms with Gasteiger partial charge in [-0.05, 0) is 74.8 Å². The van der Waals surface area contributed by atoms with Crippen molar-refractivity contribution in [2.24, 2.45) is 0 Å². The third-order valence-electron chi connectivity index (χ3n) is 7.17. The Morgan fingerprint density at radius 1 is 1.05 bits per heavy atom. The number of hydrogen-bond acceptors (Lipinski definition) is 5. The summed E-state index contributed by atoms with van der Waals surface area (Å²) in [4.78, 5) is 6.98. The molecule has 2 fully saturated rings. The number of nitriles is 1. The summed E-state index contributed by atoms with van der Waals surface area (Å²) in [6.07, 6.45) is 5.49. The zero-order valence-corrected chi connectivity index (χ0v) is 22.4. The quantitative estimate of drug-likeness (QED) is 0.333. The maximum Gasteiger partial charge on any atom is 0.405 e. The molecule has 5 nitrogen and oxygen atoms in total. The van der Waals surface area contributed by atoms with Gasteiger partial charge in [0, 0.05) is 11.7 Å². The van der Waals surface area contributed by atoms with Crippen molar-refractivity contribution in [1.82, 2.24) is 10.4 Å². The molecule has 2 unspecified atom stereocenters. The van der Waals surface area contributed by atoms with E-state index in [2.05, 4.69) is 45.0 Å². The molecule has 4 rings (SSSR count). The molecule has 2 aromatic rings. The number of nitrogens with one attached hydrogen (secondary N) is 2. The standard InChI is InChI=1S/C27H34F3N5.C2H6/c1-18(15-31)25-13-10-21(20-8-9-20)14-26(25)35(24-6-4-3-5-7-24)17-23-12-11-22(16-32-23)34-33-19(2)27(28,29)30;1-2/h10-14,16,18-20,24,33-34H,3-9,17H2,1-2H3;1-2H3. The van der Waals surface area contributed by atoms with E-state index in [9.17, 15) is 18.4 Å².